The van der Waals surface area contributed by atoms with Crippen molar-refractivity contribution >= 4 is 11.3 Å². The van der Waals surface area contributed by atoms with Crippen molar-refractivity contribution in [1.82, 2.24) is 14.6 Å². The first kappa shape index (κ1) is 13.1. The van der Waals surface area contributed by atoms with E-state index in [1.807, 2.05) is 22.7 Å². The summed E-state index contributed by atoms with van der Waals surface area (Å²) in [6.07, 6.45) is 1.60. The second-order valence-electron chi connectivity index (χ2n) is 5.75. The van der Waals surface area contributed by atoms with Crippen molar-refractivity contribution in [2.24, 2.45) is 0 Å². The van der Waals surface area contributed by atoms with Crippen molar-refractivity contribution in [2.45, 2.75) is 19.4 Å². The second kappa shape index (κ2) is 5.02. The van der Waals surface area contributed by atoms with E-state index in [1.165, 1.54) is 11.3 Å². The van der Waals surface area contributed by atoms with Crippen LogP contribution in [0.3, 0.4) is 0 Å². The topological polar surface area (TPSA) is 42.7 Å². The van der Waals surface area contributed by atoms with Crippen LogP contribution in [0.15, 0.2) is 42.7 Å². The molecule has 0 saturated carbocycles. The summed E-state index contributed by atoms with van der Waals surface area (Å²) >= 11 is 0. The van der Waals surface area contributed by atoms with Crippen molar-refractivity contribution in [3.63, 3.8) is 0 Å². The third kappa shape index (κ3) is 2.01. The standard InChI is InChI=1S/C17H18N4O/c1-12-9-20(16-8-14(22-2)6-7-15(12)16)10-13-4-3-5-17-18-11-19-21(13)17/h3-8,11-12H,9-10H2,1-2H3. The lowest BCUT2D eigenvalue weighted by atomic mass is 10.0. The first-order chi connectivity index (χ1) is 10.8. The number of nitrogens with zero attached hydrogens (tertiary/aromatic N) is 4. The Morgan fingerprint density at radius 2 is 2.18 bits per heavy atom. The molecule has 112 valence electrons. The maximum atomic E-state index is 5.38. The van der Waals surface area contributed by atoms with E-state index in [9.17, 15) is 0 Å². The maximum Gasteiger partial charge on any atom is 0.155 e. The van der Waals surface area contributed by atoms with Gasteiger partial charge in [0.05, 0.1) is 19.3 Å². The normalized spacial score (nSPS) is 17.0. The maximum absolute atomic E-state index is 5.38. The van der Waals surface area contributed by atoms with Gasteiger partial charge in [0.2, 0.25) is 0 Å². The minimum absolute atomic E-state index is 0.524. The van der Waals surface area contributed by atoms with E-state index in [2.05, 4.69) is 40.1 Å². The van der Waals surface area contributed by atoms with E-state index >= 15 is 0 Å². The smallest absolute Gasteiger partial charge is 0.155 e. The molecule has 0 amide bonds. The lowest BCUT2D eigenvalue weighted by Crippen LogP contribution is -2.22. The SMILES string of the molecule is COc1ccc2c(c1)N(Cc1cccc3ncnn13)CC2C. The molecule has 1 aliphatic rings. The number of fused-ring (bicyclic) bond motifs is 2. The van der Waals surface area contributed by atoms with E-state index in [1.54, 1.807) is 13.4 Å². The summed E-state index contributed by atoms with van der Waals surface area (Å²) in [7, 11) is 1.71. The molecular weight excluding hydrogens is 276 g/mol. The molecule has 4 rings (SSSR count). The molecular formula is C17H18N4O. The molecule has 1 unspecified atom stereocenters. The highest BCUT2D eigenvalue weighted by Crippen LogP contribution is 2.39. The van der Waals surface area contributed by atoms with Crippen molar-refractivity contribution in [1.29, 1.82) is 0 Å². The number of hydrogen-bond donors (Lipinski definition) is 0. The van der Waals surface area contributed by atoms with Crippen LogP contribution in [0.4, 0.5) is 5.69 Å². The van der Waals surface area contributed by atoms with Crippen molar-refractivity contribution in [3.05, 3.63) is 54.0 Å². The quantitative estimate of drug-likeness (QED) is 0.745. The van der Waals surface area contributed by atoms with Crippen LogP contribution in [-0.4, -0.2) is 28.3 Å². The number of rotatable bonds is 3. The molecule has 3 aromatic rings. The molecule has 0 saturated heterocycles. The van der Waals surface area contributed by atoms with Crippen LogP contribution in [0.25, 0.3) is 5.65 Å². The van der Waals surface area contributed by atoms with E-state index in [4.69, 9.17) is 4.74 Å². The van der Waals surface area contributed by atoms with Gasteiger partial charge in [-0.15, -0.1) is 0 Å². The molecule has 1 aliphatic heterocycles. The number of pyridine rings is 1. The molecule has 0 N–H and O–H groups in total. The Labute approximate surface area is 129 Å². The van der Waals surface area contributed by atoms with Crippen LogP contribution in [-0.2, 0) is 6.54 Å². The zero-order valence-electron chi connectivity index (χ0n) is 12.7. The van der Waals surface area contributed by atoms with Gasteiger partial charge < -0.3 is 9.64 Å². The van der Waals surface area contributed by atoms with Gasteiger partial charge in [-0.2, -0.15) is 5.10 Å². The molecule has 5 heteroatoms. The van der Waals surface area contributed by atoms with E-state index in [0.717, 1.165) is 30.2 Å². The summed E-state index contributed by atoms with van der Waals surface area (Å²) in [6.45, 7) is 4.08. The number of benzene rings is 1. The Morgan fingerprint density at radius 3 is 3.05 bits per heavy atom. The van der Waals surface area contributed by atoms with Crippen molar-refractivity contribution in [3.8, 4) is 5.75 Å². The van der Waals surface area contributed by atoms with Crippen LogP contribution >= 0.6 is 0 Å². The minimum Gasteiger partial charge on any atom is -0.497 e. The van der Waals surface area contributed by atoms with Gasteiger partial charge in [-0.05, 0) is 23.8 Å². The molecule has 0 bridgehead atoms. The van der Waals surface area contributed by atoms with Gasteiger partial charge in [0.1, 0.15) is 12.1 Å². The zero-order chi connectivity index (χ0) is 15.1. The first-order valence-electron chi connectivity index (χ1n) is 7.47. The van der Waals surface area contributed by atoms with Crippen LogP contribution in [0.5, 0.6) is 5.75 Å². The summed E-state index contributed by atoms with van der Waals surface area (Å²) in [5, 5.41) is 4.32. The minimum atomic E-state index is 0.524. The van der Waals surface area contributed by atoms with Gasteiger partial charge >= 0.3 is 0 Å². The van der Waals surface area contributed by atoms with Crippen LogP contribution in [0.2, 0.25) is 0 Å². The molecule has 0 spiro atoms. The van der Waals surface area contributed by atoms with E-state index in [-0.39, 0.29) is 0 Å². The number of anilines is 1. The van der Waals surface area contributed by atoms with Crippen molar-refractivity contribution < 1.29 is 4.74 Å². The Kier molecular flexibility index (Phi) is 2.99. The van der Waals surface area contributed by atoms with Crippen LogP contribution < -0.4 is 9.64 Å². The Morgan fingerprint density at radius 1 is 1.27 bits per heavy atom. The fraction of sp³-hybridized carbons (Fsp3) is 0.294. The van der Waals surface area contributed by atoms with Crippen molar-refractivity contribution in [2.75, 3.05) is 18.6 Å². The summed E-state index contributed by atoms with van der Waals surface area (Å²) in [5.41, 5.74) is 4.66. The van der Waals surface area contributed by atoms with Gasteiger partial charge in [-0.25, -0.2) is 9.50 Å². The number of methoxy groups -OCH3 is 1. The summed E-state index contributed by atoms with van der Waals surface area (Å²) in [6, 6.07) is 12.4. The molecule has 0 fully saturated rings. The lowest BCUT2D eigenvalue weighted by molar-refractivity contribution is 0.415. The number of aromatic nitrogens is 3. The highest BCUT2D eigenvalue weighted by Gasteiger charge is 2.26. The van der Waals surface area contributed by atoms with Gasteiger partial charge in [0.15, 0.2) is 5.65 Å². The highest BCUT2D eigenvalue weighted by molar-refractivity contribution is 5.63. The predicted octanol–water partition coefficient (Wildman–Crippen LogP) is 2.86. The summed E-state index contributed by atoms with van der Waals surface area (Å²) in [4.78, 5) is 6.64. The fourth-order valence-electron chi connectivity index (χ4n) is 3.23. The number of hydrogen-bond acceptors (Lipinski definition) is 4. The average Bonchev–Trinajstić information content (AvgIpc) is 3.13. The Hall–Kier alpha value is -2.56. The third-order valence-corrected chi connectivity index (χ3v) is 4.34. The molecule has 1 atom stereocenters. The molecule has 2 aromatic heterocycles. The summed E-state index contributed by atoms with van der Waals surface area (Å²) in [5.74, 6) is 1.42. The van der Waals surface area contributed by atoms with Crippen LogP contribution in [0.1, 0.15) is 24.1 Å². The monoisotopic (exact) mass is 294 g/mol. The third-order valence-electron chi connectivity index (χ3n) is 4.34. The molecule has 5 nitrogen and oxygen atoms in total. The molecule has 1 aromatic carbocycles. The lowest BCUT2D eigenvalue weighted by Gasteiger charge is -2.20. The molecule has 3 heterocycles. The fourth-order valence-corrected chi connectivity index (χ4v) is 3.23. The highest BCUT2D eigenvalue weighted by atomic mass is 16.5. The number of ether oxygens (including phenoxy) is 1. The van der Waals surface area contributed by atoms with Gasteiger partial charge in [0, 0.05) is 24.2 Å². The average molecular weight is 294 g/mol. The first-order valence-corrected chi connectivity index (χ1v) is 7.47. The Bertz CT molecular complexity index is 826. The predicted molar refractivity (Wildman–Crippen MR) is 85.4 cm³/mol. The second-order valence-corrected chi connectivity index (χ2v) is 5.75. The van der Waals surface area contributed by atoms with Gasteiger partial charge in [0.25, 0.3) is 0 Å². The van der Waals surface area contributed by atoms with E-state index in [0.29, 0.717) is 5.92 Å². The summed E-state index contributed by atoms with van der Waals surface area (Å²) < 4.78 is 7.28. The molecule has 0 aliphatic carbocycles. The van der Waals surface area contributed by atoms with E-state index < -0.39 is 0 Å². The largest absolute Gasteiger partial charge is 0.497 e. The van der Waals surface area contributed by atoms with Crippen LogP contribution in [0, 0.1) is 0 Å². The zero-order valence-corrected chi connectivity index (χ0v) is 12.7. The van der Waals surface area contributed by atoms with Gasteiger partial charge in [-0.1, -0.05) is 19.1 Å². The van der Waals surface area contributed by atoms with Gasteiger partial charge in [-0.3, -0.25) is 0 Å². The molecule has 22 heavy (non-hydrogen) atoms. The Balaban J connectivity index is 1.72. The molecule has 0 radical (unpaired) electrons.